The van der Waals surface area contributed by atoms with E-state index in [1.807, 2.05) is 24.3 Å². The van der Waals surface area contributed by atoms with Gasteiger partial charge in [-0.1, -0.05) is 18.2 Å². The molecule has 1 aromatic carbocycles. The zero-order valence-corrected chi connectivity index (χ0v) is 10.7. The number of carboxylic acid groups (broad SMARTS) is 1. The summed E-state index contributed by atoms with van der Waals surface area (Å²) < 4.78 is 5.48. The molecule has 2 N–H and O–H groups in total. The molecule has 0 spiro atoms. The van der Waals surface area contributed by atoms with Gasteiger partial charge in [0, 0.05) is 11.6 Å². The minimum Gasteiger partial charge on any atom is -0.478 e. The molecule has 0 saturated carbocycles. The van der Waals surface area contributed by atoms with Crippen LogP contribution in [-0.2, 0) is 0 Å². The van der Waals surface area contributed by atoms with Gasteiger partial charge in [-0.05, 0) is 12.1 Å². The highest BCUT2D eigenvalue weighted by atomic mass is 16.4. The lowest BCUT2D eigenvalue weighted by Gasteiger charge is -1.94. The standard InChI is InChI=1S/C15H9N3O3/c19-15(20)9-5-6-16-14-12(9)17-13(18-14)10-7-21-11-4-2-1-3-8(10)11/h1-7H,(H,19,20)(H,16,17,18). The Balaban J connectivity index is 1.99. The van der Waals surface area contributed by atoms with Crippen LogP contribution in [0.4, 0.5) is 0 Å². The highest BCUT2D eigenvalue weighted by molar-refractivity contribution is 6.01. The number of para-hydroxylation sites is 1. The van der Waals surface area contributed by atoms with Crippen LogP contribution in [0.2, 0.25) is 0 Å². The SMILES string of the molecule is O=C(O)c1ccnc2nc(-c3coc4ccccc34)[nH]c12. The van der Waals surface area contributed by atoms with E-state index in [1.165, 1.54) is 12.3 Å². The van der Waals surface area contributed by atoms with E-state index in [2.05, 4.69) is 15.0 Å². The molecule has 0 amide bonds. The molecule has 0 atom stereocenters. The number of hydrogen-bond acceptors (Lipinski definition) is 4. The second-order valence-corrected chi connectivity index (χ2v) is 4.59. The molecule has 0 aliphatic carbocycles. The molecule has 0 fully saturated rings. The number of rotatable bonds is 2. The van der Waals surface area contributed by atoms with E-state index in [-0.39, 0.29) is 5.56 Å². The highest BCUT2D eigenvalue weighted by Crippen LogP contribution is 2.30. The molecule has 6 nitrogen and oxygen atoms in total. The summed E-state index contributed by atoms with van der Waals surface area (Å²) in [6.45, 7) is 0. The Morgan fingerprint density at radius 1 is 1.24 bits per heavy atom. The normalized spacial score (nSPS) is 11.2. The Morgan fingerprint density at radius 2 is 2.10 bits per heavy atom. The molecule has 0 bridgehead atoms. The van der Waals surface area contributed by atoms with Gasteiger partial charge in [-0.2, -0.15) is 0 Å². The fourth-order valence-corrected chi connectivity index (χ4v) is 2.38. The minimum absolute atomic E-state index is 0.145. The first-order valence-electron chi connectivity index (χ1n) is 6.28. The number of imidazole rings is 1. The summed E-state index contributed by atoms with van der Waals surface area (Å²) in [7, 11) is 0. The fraction of sp³-hybridized carbons (Fsp3) is 0. The number of aromatic carboxylic acids is 1. The largest absolute Gasteiger partial charge is 0.478 e. The first kappa shape index (κ1) is 11.7. The highest BCUT2D eigenvalue weighted by Gasteiger charge is 2.16. The van der Waals surface area contributed by atoms with Crippen LogP contribution >= 0.6 is 0 Å². The lowest BCUT2D eigenvalue weighted by molar-refractivity contribution is 0.0698. The molecule has 0 aliphatic heterocycles. The summed E-state index contributed by atoms with van der Waals surface area (Å²) in [4.78, 5) is 22.7. The van der Waals surface area contributed by atoms with Crippen molar-refractivity contribution in [2.75, 3.05) is 0 Å². The first-order chi connectivity index (χ1) is 10.2. The Kier molecular flexibility index (Phi) is 2.32. The summed E-state index contributed by atoms with van der Waals surface area (Å²) in [5, 5.41) is 10.1. The zero-order valence-electron chi connectivity index (χ0n) is 10.7. The Labute approximate surface area is 118 Å². The fourth-order valence-electron chi connectivity index (χ4n) is 2.38. The van der Waals surface area contributed by atoms with Crippen LogP contribution in [-0.4, -0.2) is 26.0 Å². The number of nitrogens with zero attached hydrogens (tertiary/aromatic N) is 2. The van der Waals surface area contributed by atoms with E-state index in [9.17, 15) is 9.90 Å². The van der Waals surface area contributed by atoms with Crippen molar-refractivity contribution in [3.8, 4) is 11.4 Å². The van der Waals surface area contributed by atoms with Crippen LogP contribution in [0.1, 0.15) is 10.4 Å². The topological polar surface area (TPSA) is 92.0 Å². The van der Waals surface area contributed by atoms with E-state index in [0.29, 0.717) is 17.0 Å². The van der Waals surface area contributed by atoms with Crippen molar-refractivity contribution in [2.45, 2.75) is 0 Å². The summed E-state index contributed by atoms with van der Waals surface area (Å²) in [5.74, 6) is -0.481. The predicted octanol–water partition coefficient (Wildman–Crippen LogP) is 3.07. The number of H-pyrrole nitrogens is 1. The van der Waals surface area contributed by atoms with Crippen molar-refractivity contribution in [1.82, 2.24) is 15.0 Å². The molecule has 3 heterocycles. The third-order valence-electron chi connectivity index (χ3n) is 3.36. The molecule has 0 aliphatic rings. The predicted molar refractivity (Wildman–Crippen MR) is 76.1 cm³/mol. The van der Waals surface area contributed by atoms with Crippen LogP contribution in [0.25, 0.3) is 33.5 Å². The van der Waals surface area contributed by atoms with Gasteiger partial charge < -0.3 is 14.5 Å². The average molecular weight is 279 g/mol. The molecule has 102 valence electrons. The third-order valence-corrected chi connectivity index (χ3v) is 3.36. The minimum atomic E-state index is -1.02. The number of aromatic amines is 1. The van der Waals surface area contributed by atoms with Crippen molar-refractivity contribution < 1.29 is 14.3 Å². The van der Waals surface area contributed by atoms with Gasteiger partial charge in [-0.15, -0.1) is 0 Å². The van der Waals surface area contributed by atoms with Gasteiger partial charge in [0.15, 0.2) is 5.65 Å². The Hall–Kier alpha value is -3.15. The molecule has 0 saturated heterocycles. The monoisotopic (exact) mass is 279 g/mol. The molecule has 21 heavy (non-hydrogen) atoms. The van der Waals surface area contributed by atoms with Gasteiger partial charge in [0.05, 0.1) is 16.6 Å². The van der Waals surface area contributed by atoms with Gasteiger partial charge in [0.25, 0.3) is 0 Å². The molecular formula is C15H9N3O3. The van der Waals surface area contributed by atoms with Crippen molar-refractivity contribution in [3.05, 3.63) is 48.4 Å². The number of hydrogen-bond donors (Lipinski definition) is 2. The number of carboxylic acids is 1. The molecule has 0 unspecified atom stereocenters. The van der Waals surface area contributed by atoms with Crippen LogP contribution in [0.3, 0.4) is 0 Å². The van der Waals surface area contributed by atoms with Gasteiger partial charge >= 0.3 is 5.97 Å². The maximum absolute atomic E-state index is 11.2. The molecule has 6 heteroatoms. The maximum Gasteiger partial charge on any atom is 0.338 e. The van der Waals surface area contributed by atoms with Gasteiger partial charge in [0.1, 0.15) is 17.7 Å². The molecule has 4 aromatic rings. The number of carbonyl (C=O) groups is 1. The summed E-state index contributed by atoms with van der Waals surface area (Å²) in [6, 6.07) is 9.03. The average Bonchev–Trinajstić information content (AvgIpc) is 3.09. The zero-order chi connectivity index (χ0) is 14.4. The molecule has 0 radical (unpaired) electrons. The Morgan fingerprint density at radius 3 is 2.95 bits per heavy atom. The van der Waals surface area contributed by atoms with Crippen LogP contribution in [0.5, 0.6) is 0 Å². The third kappa shape index (κ3) is 1.69. The van der Waals surface area contributed by atoms with E-state index in [1.54, 1.807) is 6.26 Å². The maximum atomic E-state index is 11.2. The summed E-state index contributed by atoms with van der Waals surface area (Å²) >= 11 is 0. The van der Waals surface area contributed by atoms with Crippen LogP contribution in [0.15, 0.2) is 47.2 Å². The van der Waals surface area contributed by atoms with E-state index in [0.717, 1.165) is 16.5 Å². The van der Waals surface area contributed by atoms with E-state index in [4.69, 9.17) is 4.42 Å². The van der Waals surface area contributed by atoms with Crippen molar-refractivity contribution in [1.29, 1.82) is 0 Å². The number of fused-ring (bicyclic) bond motifs is 2. The van der Waals surface area contributed by atoms with Gasteiger partial charge in [-0.3, -0.25) is 0 Å². The molecule has 3 aromatic heterocycles. The number of benzene rings is 1. The lowest BCUT2D eigenvalue weighted by Crippen LogP contribution is -1.97. The number of nitrogens with one attached hydrogen (secondary N) is 1. The Bertz CT molecular complexity index is 984. The molecule has 4 rings (SSSR count). The van der Waals surface area contributed by atoms with Crippen LogP contribution in [0, 0.1) is 0 Å². The number of furan rings is 1. The lowest BCUT2D eigenvalue weighted by atomic mass is 10.2. The van der Waals surface area contributed by atoms with Crippen molar-refractivity contribution >= 4 is 28.1 Å². The molecular weight excluding hydrogens is 270 g/mol. The van der Waals surface area contributed by atoms with E-state index >= 15 is 0 Å². The number of pyridine rings is 1. The quantitative estimate of drug-likeness (QED) is 0.588. The second kappa shape index (κ2) is 4.17. The second-order valence-electron chi connectivity index (χ2n) is 4.59. The first-order valence-corrected chi connectivity index (χ1v) is 6.28. The summed E-state index contributed by atoms with van der Waals surface area (Å²) in [5.41, 5.74) is 2.45. The van der Waals surface area contributed by atoms with Gasteiger partial charge in [-0.25, -0.2) is 14.8 Å². The van der Waals surface area contributed by atoms with Crippen molar-refractivity contribution in [2.24, 2.45) is 0 Å². The van der Waals surface area contributed by atoms with Gasteiger partial charge in [0.2, 0.25) is 0 Å². The summed E-state index contributed by atoms with van der Waals surface area (Å²) in [6.07, 6.45) is 3.03. The van der Waals surface area contributed by atoms with E-state index < -0.39 is 5.97 Å². The van der Waals surface area contributed by atoms with Crippen LogP contribution < -0.4 is 0 Å². The van der Waals surface area contributed by atoms with Crippen molar-refractivity contribution in [3.63, 3.8) is 0 Å². The smallest absolute Gasteiger partial charge is 0.338 e. The number of aromatic nitrogens is 3.